The molecule has 2 N–H and O–H groups in total. The number of hydrogen-bond donors (Lipinski definition) is 2. The molecular weight excluding hydrogens is 188 g/mol. The number of amides is 1. The van der Waals surface area contributed by atoms with Crippen LogP contribution >= 0.6 is 11.8 Å². The lowest BCUT2D eigenvalue weighted by Gasteiger charge is -2.18. The molecule has 2 atom stereocenters. The maximum Gasteiger partial charge on any atom is 0.230 e. The van der Waals surface area contributed by atoms with Crippen molar-refractivity contribution in [3.05, 3.63) is 0 Å². The average Bonchev–Trinajstić information content (AvgIpc) is 2.52. The molecule has 5 heteroatoms. The molecule has 0 saturated carbocycles. The highest BCUT2D eigenvalue weighted by Crippen LogP contribution is 2.03. The third kappa shape index (κ3) is 3.17. The van der Waals surface area contributed by atoms with Gasteiger partial charge in [-0.3, -0.25) is 4.79 Å². The topological polar surface area (TPSA) is 50.4 Å². The Bertz CT molecular complexity index is 178. The van der Waals surface area contributed by atoms with Gasteiger partial charge in [0.15, 0.2) is 0 Å². The average molecular weight is 204 g/mol. The van der Waals surface area contributed by atoms with E-state index in [-0.39, 0.29) is 18.1 Å². The fourth-order valence-corrected chi connectivity index (χ4v) is 1.77. The zero-order valence-corrected chi connectivity index (χ0v) is 8.82. The maximum atomic E-state index is 11.2. The lowest BCUT2D eigenvalue weighted by atomic mass is 10.2. The Morgan fingerprint density at radius 2 is 2.46 bits per heavy atom. The molecule has 76 valence electrons. The number of hydrogen-bond acceptors (Lipinski definition) is 4. The number of carbonyl (C=O) groups excluding carboxylic acids is 1. The van der Waals surface area contributed by atoms with Crippen molar-refractivity contribution >= 4 is 17.7 Å². The van der Waals surface area contributed by atoms with Gasteiger partial charge in [-0.1, -0.05) is 0 Å². The number of nitrogens with one attached hydrogen (secondary N) is 2. The third-order valence-corrected chi connectivity index (χ3v) is 2.63. The third-order valence-electron chi connectivity index (χ3n) is 2.08. The van der Waals surface area contributed by atoms with Crippen LogP contribution in [0.25, 0.3) is 0 Å². The molecule has 1 aliphatic rings. The van der Waals surface area contributed by atoms with Crippen LogP contribution in [0.3, 0.4) is 0 Å². The summed E-state index contributed by atoms with van der Waals surface area (Å²) in [6.45, 7) is 1.62. The summed E-state index contributed by atoms with van der Waals surface area (Å²) in [7, 11) is 1.67. The molecule has 0 aliphatic carbocycles. The zero-order chi connectivity index (χ0) is 9.68. The van der Waals surface area contributed by atoms with Crippen molar-refractivity contribution in [1.82, 2.24) is 10.6 Å². The Morgan fingerprint density at radius 3 is 3.08 bits per heavy atom. The highest BCUT2D eigenvalue weighted by molar-refractivity contribution is 7.99. The molecule has 1 rings (SSSR count). The monoisotopic (exact) mass is 204 g/mol. The minimum absolute atomic E-state index is 0.0863. The van der Waals surface area contributed by atoms with Crippen molar-refractivity contribution in [2.24, 2.45) is 0 Å². The number of ether oxygens (including phenoxy) is 1. The van der Waals surface area contributed by atoms with Crippen LogP contribution in [0.2, 0.25) is 0 Å². The van der Waals surface area contributed by atoms with Crippen LogP contribution in [0, 0.1) is 0 Å². The van der Waals surface area contributed by atoms with E-state index in [4.69, 9.17) is 4.74 Å². The van der Waals surface area contributed by atoms with Crippen molar-refractivity contribution in [2.75, 3.05) is 32.2 Å². The van der Waals surface area contributed by atoms with E-state index in [2.05, 4.69) is 10.6 Å². The van der Waals surface area contributed by atoms with E-state index < -0.39 is 0 Å². The van der Waals surface area contributed by atoms with E-state index in [1.54, 1.807) is 7.11 Å². The molecular formula is C8H16N2O2S. The molecule has 0 bridgehead atoms. The minimum Gasteiger partial charge on any atom is -0.378 e. The first-order valence-electron chi connectivity index (χ1n) is 4.29. The second-order valence-electron chi connectivity index (χ2n) is 3.04. The van der Waals surface area contributed by atoms with Crippen molar-refractivity contribution in [3.63, 3.8) is 0 Å². The van der Waals surface area contributed by atoms with Crippen LogP contribution in [0.1, 0.15) is 0 Å². The highest BCUT2D eigenvalue weighted by atomic mass is 32.2. The minimum atomic E-state index is 0.0863. The highest BCUT2D eigenvalue weighted by Gasteiger charge is 2.27. The molecule has 0 aromatic heterocycles. The Morgan fingerprint density at radius 1 is 1.69 bits per heavy atom. The van der Waals surface area contributed by atoms with E-state index in [0.717, 1.165) is 13.1 Å². The van der Waals surface area contributed by atoms with Gasteiger partial charge in [0.05, 0.1) is 17.9 Å². The molecule has 1 amide bonds. The van der Waals surface area contributed by atoms with Crippen LogP contribution in [0.4, 0.5) is 0 Å². The Hall–Kier alpha value is -0.260. The predicted molar refractivity (Wildman–Crippen MR) is 54.0 cm³/mol. The van der Waals surface area contributed by atoms with Gasteiger partial charge in [0.1, 0.15) is 0 Å². The molecule has 1 aliphatic heterocycles. The molecule has 0 spiro atoms. The Balaban J connectivity index is 2.30. The zero-order valence-electron chi connectivity index (χ0n) is 8.00. The molecule has 2 unspecified atom stereocenters. The van der Waals surface area contributed by atoms with Gasteiger partial charge in [-0.15, -0.1) is 0 Å². The van der Waals surface area contributed by atoms with Crippen LogP contribution in [0.15, 0.2) is 0 Å². The maximum absolute atomic E-state index is 11.2. The standard InChI is InChI=1S/C8H16N2O2S/c1-12-7-4-9-3-6(7)10-8(11)5-13-2/h6-7,9H,3-5H2,1-2H3,(H,10,11). The lowest BCUT2D eigenvalue weighted by Crippen LogP contribution is -2.44. The number of carbonyl (C=O) groups is 1. The molecule has 1 saturated heterocycles. The smallest absolute Gasteiger partial charge is 0.230 e. The van der Waals surface area contributed by atoms with Gasteiger partial charge in [0, 0.05) is 20.2 Å². The first kappa shape index (κ1) is 10.8. The van der Waals surface area contributed by atoms with Gasteiger partial charge in [-0.25, -0.2) is 0 Å². The Kier molecular flexibility index (Phi) is 4.55. The van der Waals surface area contributed by atoms with E-state index in [9.17, 15) is 4.79 Å². The van der Waals surface area contributed by atoms with Crippen molar-refractivity contribution in [3.8, 4) is 0 Å². The van der Waals surface area contributed by atoms with Gasteiger partial charge >= 0.3 is 0 Å². The van der Waals surface area contributed by atoms with Crippen LogP contribution in [-0.4, -0.2) is 50.3 Å². The Labute approximate surface area is 82.8 Å². The van der Waals surface area contributed by atoms with Crippen LogP contribution in [-0.2, 0) is 9.53 Å². The molecule has 0 aromatic carbocycles. The summed E-state index contributed by atoms with van der Waals surface area (Å²) in [5.41, 5.74) is 0. The SMILES string of the molecule is COC1CNCC1NC(=O)CSC. The largest absolute Gasteiger partial charge is 0.378 e. The summed E-state index contributed by atoms with van der Waals surface area (Å²) in [6.07, 6.45) is 2.03. The molecule has 4 nitrogen and oxygen atoms in total. The molecule has 0 aromatic rings. The summed E-state index contributed by atoms with van der Waals surface area (Å²) in [5.74, 6) is 0.607. The summed E-state index contributed by atoms with van der Waals surface area (Å²) < 4.78 is 5.22. The normalized spacial score (nSPS) is 27.5. The van der Waals surface area contributed by atoms with Gasteiger partial charge in [-0.2, -0.15) is 11.8 Å². The second kappa shape index (κ2) is 5.47. The van der Waals surface area contributed by atoms with Crippen molar-refractivity contribution in [2.45, 2.75) is 12.1 Å². The van der Waals surface area contributed by atoms with Crippen LogP contribution < -0.4 is 10.6 Å². The number of methoxy groups -OCH3 is 1. The molecule has 0 radical (unpaired) electrons. The number of rotatable bonds is 4. The summed E-state index contributed by atoms with van der Waals surface area (Å²) >= 11 is 1.53. The molecule has 1 heterocycles. The van der Waals surface area contributed by atoms with E-state index in [0.29, 0.717) is 5.75 Å². The second-order valence-corrected chi connectivity index (χ2v) is 3.91. The van der Waals surface area contributed by atoms with Crippen molar-refractivity contribution in [1.29, 1.82) is 0 Å². The summed E-state index contributed by atoms with van der Waals surface area (Å²) in [6, 6.07) is 0.129. The summed E-state index contributed by atoms with van der Waals surface area (Å²) in [5, 5.41) is 6.11. The van der Waals surface area contributed by atoms with Gasteiger partial charge < -0.3 is 15.4 Å². The van der Waals surface area contributed by atoms with Gasteiger partial charge in [0.2, 0.25) is 5.91 Å². The fraction of sp³-hybridized carbons (Fsp3) is 0.875. The van der Waals surface area contributed by atoms with Crippen LogP contribution in [0.5, 0.6) is 0 Å². The first-order chi connectivity index (χ1) is 6.27. The predicted octanol–water partition coefficient (Wildman–Crippen LogP) is -0.548. The molecule has 13 heavy (non-hydrogen) atoms. The van der Waals surface area contributed by atoms with E-state index in [1.165, 1.54) is 11.8 Å². The first-order valence-corrected chi connectivity index (χ1v) is 5.69. The quantitative estimate of drug-likeness (QED) is 0.645. The van der Waals surface area contributed by atoms with Crippen molar-refractivity contribution < 1.29 is 9.53 Å². The van der Waals surface area contributed by atoms with E-state index >= 15 is 0 Å². The molecule has 1 fully saturated rings. The summed E-state index contributed by atoms with van der Waals surface area (Å²) in [4.78, 5) is 11.2. The van der Waals surface area contributed by atoms with E-state index in [1.807, 2.05) is 6.26 Å². The van der Waals surface area contributed by atoms with Gasteiger partial charge in [0.25, 0.3) is 0 Å². The number of thioether (sulfide) groups is 1. The fourth-order valence-electron chi connectivity index (χ4n) is 1.43. The lowest BCUT2D eigenvalue weighted by molar-refractivity contribution is -0.119. The van der Waals surface area contributed by atoms with Gasteiger partial charge in [-0.05, 0) is 6.26 Å².